The molecular weight excluding hydrogens is 236 g/mol. The van der Waals surface area contributed by atoms with Gasteiger partial charge in [-0.05, 0) is 35.0 Å². The maximum Gasteiger partial charge on any atom is 0.274 e. The first-order valence-corrected chi connectivity index (χ1v) is 4.62. The molecule has 68 valence electrons. The normalized spacial score (nSPS) is 21.2. The first-order chi connectivity index (χ1) is 6.11. The molecule has 0 spiro atoms. The highest BCUT2D eigenvalue weighted by atomic mass is 79.9. The molecule has 0 saturated carbocycles. The number of halogens is 1. The average Bonchev–Trinajstić information content (AvgIpc) is 2.44. The number of amides is 2. The molecule has 2 rings (SSSR count). The van der Waals surface area contributed by atoms with E-state index in [0.29, 0.717) is 5.69 Å². The van der Waals surface area contributed by atoms with Crippen molar-refractivity contribution in [1.82, 2.24) is 9.88 Å². The van der Waals surface area contributed by atoms with Crippen LogP contribution < -0.4 is 5.32 Å². The van der Waals surface area contributed by atoms with Gasteiger partial charge in [-0.1, -0.05) is 0 Å². The number of imide groups is 1. The van der Waals surface area contributed by atoms with Crippen molar-refractivity contribution in [3.63, 3.8) is 0 Å². The zero-order valence-electron chi connectivity index (χ0n) is 6.87. The molecule has 2 amide bonds. The molecule has 1 aromatic rings. The lowest BCUT2D eigenvalue weighted by Crippen LogP contribution is -2.42. The molecule has 1 aliphatic rings. The molecule has 0 aromatic carbocycles. The van der Waals surface area contributed by atoms with Crippen LogP contribution in [0, 0.1) is 0 Å². The van der Waals surface area contributed by atoms with Crippen LogP contribution in [0.15, 0.2) is 16.7 Å². The number of rotatable bonds is 0. The van der Waals surface area contributed by atoms with E-state index in [1.54, 1.807) is 23.6 Å². The second-order valence-electron chi connectivity index (χ2n) is 2.91. The summed E-state index contributed by atoms with van der Waals surface area (Å²) < 4.78 is 2.42. The topological polar surface area (TPSA) is 51.1 Å². The summed E-state index contributed by atoms with van der Waals surface area (Å²) in [4.78, 5) is 22.5. The van der Waals surface area contributed by atoms with Gasteiger partial charge in [0.15, 0.2) is 0 Å². The van der Waals surface area contributed by atoms with E-state index in [1.807, 2.05) is 0 Å². The fourth-order valence-electron chi connectivity index (χ4n) is 1.40. The third-order valence-electron chi connectivity index (χ3n) is 2.10. The SMILES string of the molecule is C[C@@H]1C(=O)NC(=O)c2ccc(Br)n21. The molecule has 2 heterocycles. The van der Waals surface area contributed by atoms with Crippen molar-refractivity contribution in [2.24, 2.45) is 0 Å². The Balaban J connectivity index is 2.63. The van der Waals surface area contributed by atoms with Gasteiger partial charge in [-0.15, -0.1) is 0 Å². The molecule has 0 bridgehead atoms. The number of hydrogen-bond donors (Lipinski definition) is 1. The molecule has 0 aliphatic carbocycles. The summed E-state index contributed by atoms with van der Waals surface area (Å²) in [5.74, 6) is -0.608. The largest absolute Gasteiger partial charge is 0.319 e. The second kappa shape index (κ2) is 2.70. The van der Waals surface area contributed by atoms with E-state index in [2.05, 4.69) is 21.2 Å². The predicted octanol–water partition coefficient (Wildman–Crippen LogP) is 1.08. The minimum atomic E-state index is -0.339. The van der Waals surface area contributed by atoms with Crippen LogP contribution in [0.3, 0.4) is 0 Å². The summed E-state index contributed by atoms with van der Waals surface area (Å²) >= 11 is 3.28. The van der Waals surface area contributed by atoms with Gasteiger partial charge in [0.1, 0.15) is 11.7 Å². The molecule has 13 heavy (non-hydrogen) atoms. The van der Waals surface area contributed by atoms with E-state index in [0.717, 1.165) is 4.60 Å². The van der Waals surface area contributed by atoms with Crippen molar-refractivity contribution in [2.45, 2.75) is 13.0 Å². The zero-order chi connectivity index (χ0) is 9.59. The van der Waals surface area contributed by atoms with Crippen molar-refractivity contribution < 1.29 is 9.59 Å². The first kappa shape index (κ1) is 8.50. The number of aromatic nitrogens is 1. The number of nitrogens with zero attached hydrogens (tertiary/aromatic N) is 1. The molecule has 1 atom stereocenters. The van der Waals surface area contributed by atoms with Gasteiger partial charge in [-0.25, -0.2) is 0 Å². The molecule has 5 heteroatoms. The third-order valence-corrected chi connectivity index (χ3v) is 2.75. The van der Waals surface area contributed by atoms with Crippen LogP contribution in [0.4, 0.5) is 0 Å². The van der Waals surface area contributed by atoms with Crippen molar-refractivity contribution in [2.75, 3.05) is 0 Å². The van der Waals surface area contributed by atoms with Gasteiger partial charge < -0.3 is 4.57 Å². The van der Waals surface area contributed by atoms with Gasteiger partial charge in [0.2, 0.25) is 5.91 Å². The summed E-state index contributed by atoms with van der Waals surface area (Å²) in [6.07, 6.45) is 0. The summed E-state index contributed by atoms with van der Waals surface area (Å²) in [5.41, 5.74) is 0.513. The number of fused-ring (bicyclic) bond motifs is 1. The van der Waals surface area contributed by atoms with Crippen LogP contribution in [0.25, 0.3) is 0 Å². The second-order valence-corrected chi connectivity index (χ2v) is 3.72. The average molecular weight is 243 g/mol. The van der Waals surface area contributed by atoms with E-state index in [4.69, 9.17) is 0 Å². The van der Waals surface area contributed by atoms with E-state index in [-0.39, 0.29) is 17.9 Å². The van der Waals surface area contributed by atoms with Gasteiger partial charge >= 0.3 is 0 Å². The van der Waals surface area contributed by atoms with E-state index >= 15 is 0 Å². The van der Waals surface area contributed by atoms with Gasteiger partial charge in [-0.3, -0.25) is 14.9 Å². The Morgan fingerprint density at radius 1 is 1.46 bits per heavy atom. The smallest absolute Gasteiger partial charge is 0.274 e. The van der Waals surface area contributed by atoms with Gasteiger partial charge in [0, 0.05) is 0 Å². The Morgan fingerprint density at radius 3 is 2.85 bits per heavy atom. The Labute approximate surface area is 83.0 Å². The predicted molar refractivity (Wildman–Crippen MR) is 49.3 cm³/mol. The van der Waals surface area contributed by atoms with Gasteiger partial charge in [0.25, 0.3) is 5.91 Å². The minimum absolute atomic E-state index is 0.269. The summed E-state index contributed by atoms with van der Waals surface area (Å²) in [7, 11) is 0. The monoisotopic (exact) mass is 242 g/mol. The molecule has 0 radical (unpaired) electrons. The highest BCUT2D eigenvalue weighted by Crippen LogP contribution is 2.24. The van der Waals surface area contributed by atoms with Crippen molar-refractivity contribution in [3.05, 3.63) is 22.4 Å². The molecule has 0 fully saturated rings. The van der Waals surface area contributed by atoms with Crippen LogP contribution in [0.5, 0.6) is 0 Å². The highest BCUT2D eigenvalue weighted by molar-refractivity contribution is 9.10. The standard InChI is InChI=1S/C8H7BrN2O2/c1-4-7(12)10-8(13)5-2-3-6(9)11(4)5/h2-4H,1H3,(H,10,12,13)/t4-/m1/s1. The van der Waals surface area contributed by atoms with Crippen LogP contribution in [0.1, 0.15) is 23.5 Å². The van der Waals surface area contributed by atoms with E-state index in [9.17, 15) is 9.59 Å². The molecular formula is C8H7BrN2O2. The number of carbonyl (C=O) groups is 2. The molecule has 0 unspecified atom stereocenters. The van der Waals surface area contributed by atoms with Crippen molar-refractivity contribution in [3.8, 4) is 0 Å². The van der Waals surface area contributed by atoms with Gasteiger partial charge in [0.05, 0.1) is 4.60 Å². The quantitative estimate of drug-likeness (QED) is 0.693. The van der Waals surface area contributed by atoms with E-state index in [1.165, 1.54) is 0 Å². The fourth-order valence-corrected chi connectivity index (χ4v) is 2.03. The highest BCUT2D eigenvalue weighted by Gasteiger charge is 2.29. The van der Waals surface area contributed by atoms with Crippen molar-refractivity contribution in [1.29, 1.82) is 0 Å². The summed E-state index contributed by atoms with van der Waals surface area (Å²) in [6, 6.07) is 3.10. The van der Waals surface area contributed by atoms with Crippen LogP contribution in [-0.4, -0.2) is 16.4 Å². The number of nitrogens with one attached hydrogen (secondary N) is 1. The fraction of sp³-hybridized carbons (Fsp3) is 0.250. The van der Waals surface area contributed by atoms with Gasteiger partial charge in [-0.2, -0.15) is 0 Å². The minimum Gasteiger partial charge on any atom is -0.319 e. The maximum atomic E-state index is 11.3. The summed E-state index contributed by atoms with van der Waals surface area (Å²) in [5, 5.41) is 2.28. The molecule has 4 nitrogen and oxygen atoms in total. The lowest BCUT2D eigenvalue weighted by Gasteiger charge is -2.22. The molecule has 1 N–H and O–H groups in total. The lowest BCUT2D eigenvalue weighted by molar-refractivity contribution is -0.123. The van der Waals surface area contributed by atoms with Crippen molar-refractivity contribution >= 4 is 27.7 Å². The Bertz CT molecular complexity index is 397. The maximum absolute atomic E-state index is 11.3. The van der Waals surface area contributed by atoms with Crippen LogP contribution in [0.2, 0.25) is 0 Å². The van der Waals surface area contributed by atoms with E-state index < -0.39 is 0 Å². The Morgan fingerprint density at radius 2 is 2.15 bits per heavy atom. The Hall–Kier alpha value is -1.10. The number of carbonyl (C=O) groups excluding carboxylic acids is 2. The molecule has 1 aliphatic heterocycles. The Kier molecular flexibility index (Phi) is 1.76. The third kappa shape index (κ3) is 1.11. The lowest BCUT2D eigenvalue weighted by atomic mass is 10.2. The molecule has 0 saturated heterocycles. The molecule has 1 aromatic heterocycles. The number of hydrogen-bond acceptors (Lipinski definition) is 2. The first-order valence-electron chi connectivity index (χ1n) is 3.83. The van der Waals surface area contributed by atoms with Crippen LogP contribution >= 0.6 is 15.9 Å². The van der Waals surface area contributed by atoms with Crippen LogP contribution in [-0.2, 0) is 4.79 Å². The summed E-state index contributed by atoms with van der Waals surface area (Å²) in [6.45, 7) is 1.75. The zero-order valence-corrected chi connectivity index (χ0v) is 8.46.